The fourth-order valence-corrected chi connectivity index (χ4v) is 11.6. The molecule has 302 valence electrons. The Hall–Kier alpha value is -3.71. The molecule has 0 unspecified atom stereocenters. The molecule has 0 N–H and O–H groups in total. The standard InChI is InChI=1S/C43H52ClF3N2O6Si/c1-56(2)33-27-29(48-18-8-5-9-19-48)13-15-31(33)35(32-16-14-30(28-34(32)56)49-20-10-6-11-21-49)36-37(42(50)51)40(46)41(47)38(39(36)45)43(52)55-26-25-54-24-23-53-22-12-4-3-7-17-44/h13-16,27-28H,3-12,17-26H2,1-2H3. The number of unbranched alkanes of at least 4 members (excludes halogenated alkanes) is 3. The van der Waals surface area contributed by atoms with E-state index >= 15 is 13.2 Å². The number of carboxylic acid groups (broad SMARTS) is 1. The third kappa shape index (κ3) is 9.03. The molecule has 0 spiro atoms. The molecular weight excluding hydrogens is 761 g/mol. The number of hydrogen-bond acceptors (Lipinski definition) is 7. The van der Waals surface area contributed by atoms with Crippen LogP contribution in [0.1, 0.15) is 96.1 Å². The zero-order valence-corrected chi connectivity index (χ0v) is 34.2. The van der Waals surface area contributed by atoms with Gasteiger partial charge >= 0.3 is 5.97 Å². The minimum absolute atomic E-state index is 0.0734. The molecule has 0 atom stereocenters. The van der Waals surface area contributed by atoms with Gasteiger partial charge in [0.1, 0.15) is 39.2 Å². The van der Waals surface area contributed by atoms with Crippen molar-refractivity contribution >= 4 is 53.8 Å². The summed E-state index contributed by atoms with van der Waals surface area (Å²) < 4.78 is 67.2. The molecule has 0 saturated carbocycles. The Morgan fingerprint density at radius 2 is 1.48 bits per heavy atom. The van der Waals surface area contributed by atoms with Crippen molar-refractivity contribution in [3.05, 3.63) is 86.9 Å². The first kappa shape index (κ1) is 41.9. The normalized spacial score (nSPS) is 17.8. The van der Waals surface area contributed by atoms with Crippen molar-refractivity contribution in [3.63, 3.8) is 0 Å². The number of alkyl halides is 1. The highest BCUT2D eigenvalue weighted by atomic mass is 35.5. The van der Waals surface area contributed by atoms with Gasteiger partial charge in [0.05, 0.1) is 25.8 Å². The number of halogens is 4. The molecule has 56 heavy (non-hydrogen) atoms. The van der Waals surface area contributed by atoms with Crippen molar-refractivity contribution in [1.29, 1.82) is 0 Å². The number of benzene rings is 2. The van der Waals surface area contributed by atoms with Crippen molar-refractivity contribution in [1.82, 2.24) is 0 Å². The van der Waals surface area contributed by atoms with Crippen LogP contribution in [0.15, 0.2) is 47.2 Å². The molecule has 0 amide bonds. The minimum atomic E-state index is -2.61. The molecule has 8 nitrogen and oxygen atoms in total. The third-order valence-corrected chi connectivity index (χ3v) is 15.1. The Morgan fingerprint density at radius 1 is 0.821 bits per heavy atom. The summed E-state index contributed by atoms with van der Waals surface area (Å²) in [5.41, 5.74) is -0.238. The Labute approximate surface area is 333 Å². The molecule has 1 aliphatic carbocycles. The summed E-state index contributed by atoms with van der Waals surface area (Å²) in [7, 11) is -2.61. The van der Waals surface area contributed by atoms with E-state index in [2.05, 4.69) is 34.7 Å². The van der Waals surface area contributed by atoms with Gasteiger partial charge in [-0.15, -0.1) is 11.6 Å². The van der Waals surface area contributed by atoms with Crippen LogP contribution in [0.2, 0.25) is 13.1 Å². The predicted octanol–water partition coefficient (Wildman–Crippen LogP) is 6.85. The third-order valence-electron chi connectivity index (χ3n) is 11.3. The molecular formula is C43H52ClF3N2O6Si. The van der Waals surface area contributed by atoms with E-state index < -0.39 is 54.2 Å². The van der Waals surface area contributed by atoms with Crippen LogP contribution in [0.25, 0.3) is 5.57 Å². The van der Waals surface area contributed by atoms with E-state index in [-0.39, 0.29) is 25.4 Å². The second kappa shape index (κ2) is 19.2. The van der Waals surface area contributed by atoms with E-state index in [1.54, 1.807) is 0 Å². The van der Waals surface area contributed by atoms with Crippen LogP contribution in [0.4, 0.5) is 18.9 Å². The number of esters is 1. The van der Waals surface area contributed by atoms with Crippen molar-refractivity contribution < 1.29 is 46.7 Å². The largest absolute Gasteiger partial charge is 0.545 e. The maximum absolute atomic E-state index is 17.1. The lowest BCUT2D eigenvalue weighted by atomic mass is 9.85. The Balaban J connectivity index is 1.36. The smallest absolute Gasteiger partial charge is 0.344 e. The van der Waals surface area contributed by atoms with Gasteiger partial charge in [-0.3, -0.25) is 0 Å². The average Bonchev–Trinajstić information content (AvgIpc) is 3.20. The Bertz CT molecular complexity index is 1930. The molecule has 0 radical (unpaired) electrons. The van der Waals surface area contributed by atoms with Crippen LogP contribution in [-0.4, -0.2) is 95.4 Å². The number of allylic oxidation sites excluding steroid dienone is 5. The van der Waals surface area contributed by atoms with Gasteiger partial charge in [-0.2, -0.15) is 0 Å². The molecule has 2 saturated heterocycles. The lowest BCUT2D eigenvalue weighted by molar-refractivity contribution is -0.535. The van der Waals surface area contributed by atoms with E-state index in [9.17, 15) is 14.7 Å². The molecule has 2 fully saturated rings. The summed E-state index contributed by atoms with van der Waals surface area (Å²) in [6.07, 6.45) is 16.3. The monoisotopic (exact) mass is 812 g/mol. The summed E-state index contributed by atoms with van der Waals surface area (Å²) in [6, 6.07) is 5.84. The van der Waals surface area contributed by atoms with Crippen molar-refractivity contribution in [3.8, 4) is 0 Å². The summed E-state index contributed by atoms with van der Waals surface area (Å²) in [5, 5.41) is 14.5. The van der Waals surface area contributed by atoms with Gasteiger partial charge in [0, 0.05) is 67.4 Å². The zero-order valence-electron chi connectivity index (χ0n) is 32.5. The molecule has 3 aliphatic heterocycles. The highest BCUT2D eigenvalue weighted by Gasteiger charge is 2.43. The number of nitrogens with zero attached hydrogens (tertiary/aromatic N) is 2. The topological polar surface area (TPSA) is 91.1 Å². The maximum atomic E-state index is 17.1. The summed E-state index contributed by atoms with van der Waals surface area (Å²) >= 11 is 5.69. The van der Waals surface area contributed by atoms with E-state index in [1.807, 2.05) is 24.3 Å². The number of ether oxygens (including phenoxy) is 3. The van der Waals surface area contributed by atoms with Crippen LogP contribution < -0.4 is 15.2 Å². The molecule has 4 aliphatic rings. The molecule has 0 aromatic heterocycles. The number of aromatic carboxylic acids is 1. The van der Waals surface area contributed by atoms with Gasteiger partial charge in [-0.1, -0.05) is 32.0 Å². The highest BCUT2D eigenvalue weighted by Crippen LogP contribution is 2.45. The van der Waals surface area contributed by atoms with Crippen molar-refractivity contribution in [2.24, 2.45) is 0 Å². The summed E-state index contributed by atoms with van der Waals surface area (Å²) in [5.74, 6) is -8.31. The number of rotatable bonds is 16. The van der Waals surface area contributed by atoms with Crippen molar-refractivity contribution in [2.75, 3.05) is 70.0 Å². The lowest BCUT2D eigenvalue weighted by Crippen LogP contribution is -2.50. The lowest BCUT2D eigenvalue weighted by Gasteiger charge is -2.39. The first-order valence-electron chi connectivity index (χ1n) is 20.0. The summed E-state index contributed by atoms with van der Waals surface area (Å²) in [4.78, 5) is 28.3. The predicted molar refractivity (Wildman–Crippen MR) is 213 cm³/mol. The number of fused-ring (bicyclic) bond motifs is 2. The molecule has 3 heterocycles. The minimum Gasteiger partial charge on any atom is -0.545 e. The van der Waals surface area contributed by atoms with Gasteiger partial charge in [-0.25, -0.2) is 22.5 Å². The molecule has 13 heteroatoms. The van der Waals surface area contributed by atoms with Gasteiger partial charge in [-0.05, 0) is 83.8 Å². The fourth-order valence-electron chi connectivity index (χ4n) is 8.30. The van der Waals surface area contributed by atoms with Crippen molar-refractivity contribution in [2.45, 2.75) is 77.3 Å². The first-order chi connectivity index (χ1) is 27.1. The fraction of sp³-hybridized carbons (Fsp3) is 0.512. The first-order valence-corrected chi connectivity index (χ1v) is 23.6. The highest BCUT2D eigenvalue weighted by molar-refractivity contribution is 6.98. The SMILES string of the molecule is C[Si]1(C)C2=CC(=[N+]3CCCCC3)C=CC2=C(c2c(F)c(C(=O)OCCOCCOCCCCCCCl)c(F)c(F)c2C(=O)[O-])c2ccc(N3CCCCC3)cc21. The molecule has 2 aromatic carbocycles. The molecule has 0 bridgehead atoms. The quantitative estimate of drug-likeness (QED) is 0.0458. The number of carboxylic acids is 1. The summed E-state index contributed by atoms with van der Waals surface area (Å²) in [6.45, 7) is 8.56. The second-order valence-corrected chi connectivity index (χ2v) is 20.1. The van der Waals surface area contributed by atoms with Gasteiger partial charge < -0.3 is 29.0 Å². The van der Waals surface area contributed by atoms with Gasteiger partial charge in [0.25, 0.3) is 0 Å². The van der Waals surface area contributed by atoms with Crippen LogP contribution in [0, 0.1) is 17.5 Å². The number of hydrogen-bond donors (Lipinski definition) is 0. The molecule has 6 rings (SSSR count). The van der Waals surface area contributed by atoms with Gasteiger partial charge in [0.2, 0.25) is 0 Å². The number of carbonyl (C=O) groups is 2. The van der Waals surface area contributed by atoms with E-state index in [1.165, 1.54) is 0 Å². The van der Waals surface area contributed by atoms with E-state index in [4.69, 9.17) is 25.8 Å². The van der Waals surface area contributed by atoms with Crippen LogP contribution >= 0.6 is 11.6 Å². The van der Waals surface area contributed by atoms with Crippen LogP contribution in [0.3, 0.4) is 0 Å². The van der Waals surface area contributed by atoms with Crippen LogP contribution in [0.5, 0.6) is 0 Å². The van der Waals surface area contributed by atoms with Gasteiger partial charge in [0.15, 0.2) is 17.3 Å². The maximum Gasteiger partial charge on any atom is 0.344 e. The van der Waals surface area contributed by atoms with E-state index in [0.29, 0.717) is 30.2 Å². The van der Waals surface area contributed by atoms with Crippen LogP contribution in [-0.2, 0) is 14.2 Å². The number of piperidine rings is 2. The Kier molecular flexibility index (Phi) is 14.3. The number of carbonyl (C=O) groups excluding carboxylic acids is 2. The second-order valence-electron chi connectivity index (χ2n) is 15.4. The van der Waals surface area contributed by atoms with E-state index in [0.717, 1.165) is 112 Å². The average molecular weight is 813 g/mol. The molecule has 2 aromatic rings. The number of anilines is 1. The zero-order chi connectivity index (χ0) is 39.8. The Morgan fingerprint density at radius 3 is 2.20 bits per heavy atom.